The highest BCUT2D eigenvalue weighted by Gasteiger charge is 2.25. The van der Waals surface area contributed by atoms with Crippen LogP contribution >= 0.6 is 0 Å². The van der Waals surface area contributed by atoms with Crippen molar-refractivity contribution in [1.82, 2.24) is 0 Å². The fraction of sp³-hybridized carbons (Fsp3) is 0.400. The molecular weight excluding hydrogens is 136 g/mol. The first kappa shape index (κ1) is 6.71. The molecule has 0 fully saturated rings. The van der Waals surface area contributed by atoms with Crippen molar-refractivity contribution in [2.75, 3.05) is 0 Å². The summed E-state index contributed by atoms with van der Waals surface area (Å²) in [6.07, 6.45) is 8.72. The summed E-state index contributed by atoms with van der Waals surface area (Å²) in [6, 6.07) is 0. The van der Waals surface area contributed by atoms with Gasteiger partial charge in [-0.1, -0.05) is 13.0 Å². The van der Waals surface area contributed by atoms with Gasteiger partial charge in [-0.25, -0.2) is 0 Å². The Morgan fingerprint density at radius 1 is 1.64 bits per heavy atom. The summed E-state index contributed by atoms with van der Waals surface area (Å²) in [5.41, 5.74) is 2.61. The molecule has 0 aromatic rings. The molecule has 0 aromatic carbocycles. The van der Waals surface area contributed by atoms with Crippen LogP contribution in [0.2, 0.25) is 0 Å². The zero-order valence-electron chi connectivity index (χ0n) is 6.85. The van der Waals surface area contributed by atoms with Crippen molar-refractivity contribution in [1.29, 1.82) is 0 Å². The fourth-order valence-corrected chi connectivity index (χ4v) is 1.54. The average molecular weight is 147 g/mol. The van der Waals surface area contributed by atoms with Gasteiger partial charge in [0.15, 0.2) is 0 Å². The minimum Gasteiger partial charge on any atom is -0.486 e. The van der Waals surface area contributed by atoms with Crippen LogP contribution in [0, 0.1) is 6.08 Å². The smallest absolute Gasteiger partial charge is 0.143 e. The highest BCUT2D eigenvalue weighted by atomic mass is 16.5. The van der Waals surface area contributed by atoms with E-state index in [0.717, 1.165) is 12.2 Å². The van der Waals surface area contributed by atoms with Gasteiger partial charge in [0.25, 0.3) is 0 Å². The normalized spacial score (nSPS) is 27.1. The van der Waals surface area contributed by atoms with E-state index in [1.54, 1.807) is 0 Å². The van der Waals surface area contributed by atoms with Crippen molar-refractivity contribution >= 4 is 0 Å². The van der Waals surface area contributed by atoms with Gasteiger partial charge in [0, 0.05) is 11.6 Å². The number of hydrogen-bond donors (Lipinski definition) is 0. The molecule has 1 radical (unpaired) electrons. The number of hydrogen-bond acceptors (Lipinski definition) is 1. The molecule has 1 aliphatic heterocycles. The molecule has 2 rings (SSSR count). The Balaban J connectivity index is 2.37. The third-order valence-electron chi connectivity index (χ3n) is 2.10. The van der Waals surface area contributed by atoms with E-state index in [2.05, 4.69) is 25.2 Å². The standard InChI is InChI=1S/C10H11O/c1-3-8-4-5-10-9(8)6-7(2)11-10/h4-5,10H,3H2,1-2H3. The topological polar surface area (TPSA) is 9.23 Å². The van der Waals surface area contributed by atoms with E-state index < -0.39 is 0 Å². The molecule has 0 N–H and O–H groups in total. The highest BCUT2D eigenvalue weighted by molar-refractivity contribution is 5.45. The Morgan fingerprint density at radius 2 is 2.45 bits per heavy atom. The summed E-state index contributed by atoms with van der Waals surface area (Å²) < 4.78 is 5.48. The maximum absolute atomic E-state index is 5.48. The van der Waals surface area contributed by atoms with Gasteiger partial charge >= 0.3 is 0 Å². The summed E-state index contributed by atoms with van der Waals surface area (Å²) in [6.45, 7) is 4.11. The van der Waals surface area contributed by atoms with Gasteiger partial charge in [-0.05, 0) is 25.0 Å². The fourth-order valence-electron chi connectivity index (χ4n) is 1.54. The number of rotatable bonds is 1. The minimum absolute atomic E-state index is 0.185. The number of allylic oxidation sites excluding steroid dienone is 3. The van der Waals surface area contributed by atoms with Gasteiger partial charge in [0.05, 0.1) is 0 Å². The molecule has 0 amide bonds. The summed E-state index contributed by atoms with van der Waals surface area (Å²) in [5.74, 6) is 0.917. The van der Waals surface area contributed by atoms with Gasteiger partial charge in [0.1, 0.15) is 11.9 Å². The number of ether oxygens (including phenoxy) is 1. The predicted molar refractivity (Wildman–Crippen MR) is 43.8 cm³/mol. The summed E-state index contributed by atoms with van der Waals surface area (Å²) in [7, 11) is 0. The zero-order chi connectivity index (χ0) is 7.84. The second-order valence-corrected chi connectivity index (χ2v) is 2.87. The lowest BCUT2D eigenvalue weighted by molar-refractivity contribution is 0.207. The zero-order valence-corrected chi connectivity index (χ0v) is 6.85. The third-order valence-corrected chi connectivity index (χ3v) is 2.10. The highest BCUT2D eigenvalue weighted by Crippen LogP contribution is 2.31. The summed E-state index contributed by atoms with van der Waals surface area (Å²) >= 11 is 0. The van der Waals surface area contributed by atoms with Crippen LogP contribution in [0.1, 0.15) is 20.3 Å². The number of fused-ring (bicyclic) bond motifs is 1. The molecule has 1 unspecified atom stereocenters. The van der Waals surface area contributed by atoms with Crippen LogP contribution in [0.4, 0.5) is 0 Å². The molecule has 1 heterocycles. The van der Waals surface area contributed by atoms with E-state index in [1.807, 2.05) is 6.92 Å². The Labute approximate surface area is 67.1 Å². The Kier molecular flexibility index (Phi) is 1.38. The van der Waals surface area contributed by atoms with Crippen molar-refractivity contribution < 1.29 is 4.74 Å². The Hall–Kier alpha value is -0.980. The molecule has 0 spiro atoms. The van der Waals surface area contributed by atoms with Crippen molar-refractivity contribution in [2.45, 2.75) is 26.4 Å². The SMILES string of the molecule is CCC1=C2[C]=C(C)OC2C=C1. The molecule has 0 saturated heterocycles. The largest absolute Gasteiger partial charge is 0.486 e. The minimum atomic E-state index is 0.185. The monoisotopic (exact) mass is 147 g/mol. The van der Waals surface area contributed by atoms with Crippen LogP contribution in [0.3, 0.4) is 0 Å². The molecular formula is C10H11O. The quantitative estimate of drug-likeness (QED) is 0.553. The van der Waals surface area contributed by atoms with E-state index in [1.165, 1.54) is 11.1 Å². The van der Waals surface area contributed by atoms with E-state index in [-0.39, 0.29) is 6.10 Å². The third kappa shape index (κ3) is 0.917. The maximum atomic E-state index is 5.48. The van der Waals surface area contributed by atoms with Gasteiger partial charge in [0.2, 0.25) is 0 Å². The van der Waals surface area contributed by atoms with Crippen LogP contribution in [0.15, 0.2) is 29.1 Å². The van der Waals surface area contributed by atoms with Crippen molar-refractivity contribution in [3.8, 4) is 0 Å². The molecule has 1 atom stereocenters. The van der Waals surface area contributed by atoms with Gasteiger partial charge in [-0.2, -0.15) is 0 Å². The molecule has 1 aliphatic carbocycles. The lowest BCUT2D eigenvalue weighted by atomic mass is 10.1. The molecule has 11 heavy (non-hydrogen) atoms. The second kappa shape index (κ2) is 2.26. The predicted octanol–water partition coefficient (Wildman–Crippen LogP) is 2.37. The first-order valence-electron chi connectivity index (χ1n) is 3.99. The van der Waals surface area contributed by atoms with Crippen molar-refractivity contribution in [2.24, 2.45) is 0 Å². The van der Waals surface area contributed by atoms with Gasteiger partial charge < -0.3 is 4.74 Å². The Morgan fingerprint density at radius 3 is 3.18 bits per heavy atom. The molecule has 1 nitrogen and oxygen atoms in total. The molecule has 0 saturated carbocycles. The van der Waals surface area contributed by atoms with Crippen LogP contribution in [0.25, 0.3) is 0 Å². The van der Waals surface area contributed by atoms with Crippen LogP contribution < -0.4 is 0 Å². The molecule has 57 valence electrons. The molecule has 2 aliphatic rings. The van der Waals surface area contributed by atoms with Crippen molar-refractivity contribution in [3.63, 3.8) is 0 Å². The van der Waals surface area contributed by atoms with Crippen LogP contribution in [-0.4, -0.2) is 6.10 Å². The molecule has 0 aromatic heterocycles. The van der Waals surface area contributed by atoms with Gasteiger partial charge in [-0.3, -0.25) is 0 Å². The summed E-state index contributed by atoms with van der Waals surface area (Å²) in [4.78, 5) is 0. The molecule has 0 bridgehead atoms. The van der Waals surface area contributed by atoms with E-state index in [9.17, 15) is 0 Å². The van der Waals surface area contributed by atoms with E-state index in [0.29, 0.717) is 0 Å². The second-order valence-electron chi connectivity index (χ2n) is 2.87. The van der Waals surface area contributed by atoms with E-state index in [4.69, 9.17) is 4.74 Å². The van der Waals surface area contributed by atoms with Crippen molar-refractivity contribution in [3.05, 3.63) is 35.1 Å². The van der Waals surface area contributed by atoms with Crippen LogP contribution in [0.5, 0.6) is 0 Å². The lowest BCUT2D eigenvalue weighted by Gasteiger charge is -2.04. The first-order chi connectivity index (χ1) is 5.31. The summed E-state index contributed by atoms with van der Waals surface area (Å²) in [5, 5.41) is 0. The lowest BCUT2D eigenvalue weighted by Crippen LogP contribution is -2.00. The van der Waals surface area contributed by atoms with E-state index >= 15 is 0 Å². The first-order valence-corrected chi connectivity index (χ1v) is 3.99. The van der Waals surface area contributed by atoms with Crippen LogP contribution in [-0.2, 0) is 4.74 Å². The molecule has 1 heteroatoms. The Bertz CT molecular complexity index is 269. The average Bonchev–Trinajstić information content (AvgIpc) is 2.45. The van der Waals surface area contributed by atoms with Gasteiger partial charge in [-0.15, -0.1) is 0 Å². The maximum Gasteiger partial charge on any atom is 0.143 e.